The van der Waals surface area contributed by atoms with Crippen LogP contribution in [0.4, 0.5) is 0 Å². The Hall–Kier alpha value is -1.48. The van der Waals surface area contributed by atoms with Gasteiger partial charge in [0.05, 0.1) is 22.0 Å². The zero-order valence-corrected chi connectivity index (χ0v) is 10.1. The van der Waals surface area contributed by atoms with Crippen LogP contribution in [0.3, 0.4) is 0 Å². The van der Waals surface area contributed by atoms with Gasteiger partial charge in [-0.25, -0.2) is 0 Å². The molecule has 0 saturated carbocycles. The molecule has 0 aliphatic heterocycles. The highest BCUT2D eigenvalue weighted by Gasteiger charge is 2.14. The van der Waals surface area contributed by atoms with Crippen LogP contribution in [-0.4, -0.2) is 16.9 Å². The van der Waals surface area contributed by atoms with E-state index in [0.717, 1.165) is 0 Å². The van der Waals surface area contributed by atoms with Crippen molar-refractivity contribution in [1.29, 1.82) is 5.41 Å². The molecule has 3 N–H and O–H groups in total. The fraction of sp³-hybridized carbons (Fsp3) is 0.250. The molecule has 1 aromatic rings. The topological polar surface area (TPSA) is 56.1 Å². The fourth-order valence-electron chi connectivity index (χ4n) is 1.33. The Balaban J connectivity index is 3.01. The Labute approximate surface area is 100 Å². The first-order valence-electron chi connectivity index (χ1n) is 4.95. The molecule has 16 heavy (non-hydrogen) atoms. The lowest BCUT2D eigenvalue weighted by Crippen LogP contribution is -2.26. The zero-order chi connectivity index (χ0) is 12.3. The van der Waals surface area contributed by atoms with E-state index in [0.29, 0.717) is 16.3 Å². The van der Waals surface area contributed by atoms with E-state index in [-0.39, 0.29) is 17.5 Å². The smallest absolute Gasteiger partial charge is 0.126 e. The summed E-state index contributed by atoms with van der Waals surface area (Å²) < 4.78 is 0. The maximum absolute atomic E-state index is 9.65. The molecule has 0 bridgehead atoms. The molecular formula is C12H15ClN2O. The third kappa shape index (κ3) is 2.76. The second-order valence-corrected chi connectivity index (χ2v) is 4.19. The van der Waals surface area contributed by atoms with E-state index in [1.54, 1.807) is 12.1 Å². The van der Waals surface area contributed by atoms with Gasteiger partial charge in [0.15, 0.2) is 0 Å². The highest BCUT2D eigenvalue weighted by molar-refractivity contribution is 6.35. The molecule has 0 atom stereocenters. The lowest BCUT2D eigenvalue weighted by Gasteiger charge is -2.15. The van der Waals surface area contributed by atoms with Crippen LogP contribution in [-0.2, 0) is 0 Å². The van der Waals surface area contributed by atoms with Crippen molar-refractivity contribution >= 4 is 17.3 Å². The number of phenolic OH excluding ortho intramolecular Hbond substituents is 1. The Morgan fingerprint density at radius 1 is 1.50 bits per heavy atom. The molecule has 3 nitrogen and oxygen atoms in total. The first-order valence-corrected chi connectivity index (χ1v) is 5.33. The lowest BCUT2D eigenvalue weighted by atomic mass is 10.1. The van der Waals surface area contributed by atoms with Gasteiger partial charge >= 0.3 is 0 Å². The SMILES string of the molecule is C=C(NC(C)C)C(=N)c1c(O)cccc1Cl. The summed E-state index contributed by atoms with van der Waals surface area (Å²) >= 11 is 5.94. The predicted molar refractivity (Wildman–Crippen MR) is 67.4 cm³/mol. The van der Waals surface area contributed by atoms with Crippen molar-refractivity contribution in [2.75, 3.05) is 0 Å². The van der Waals surface area contributed by atoms with Crippen LogP contribution in [0.25, 0.3) is 0 Å². The molecule has 4 heteroatoms. The molecule has 1 rings (SSSR count). The Morgan fingerprint density at radius 2 is 2.12 bits per heavy atom. The molecule has 0 saturated heterocycles. The zero-order valence-electron chi connectivity index (χ0n) is 9.34. The number of hydrogen-bond donors (Lipinski definition) is 3. The largest absolute Gasteiger partial charge is 0.507 e. The van der Waals surface area contributed by atoms with Gasteiger partial charge in [-0.3, -0.25) is 5.41 Å². The maximum atomic E-state index is 9.65. The third-order valence-electron chi connectivity index (χ3n) is 2.01. The van der Waals surface area contributed by atoms with E-state index in [1.165, 1.54) is 6.07 Å². The quantitative estimate of drug-likeness (QED) is 0.707. The van der Waals surface area contributed by atoms with Gasteiger partial charge in [0.1, 0.15) is 5.75 Å². The van der Waals surface area contributed by atoms with E-state index in [2.05, 4.69) is 11.9 Å². The summed E-state index contributed by atoms with van der Waals surface area (Å²) in [4.78, 5) is 0. The highest BCUT2D eigenvalue weighted by atomic mass is 35.5. The van der Waals surface area contributed by atoms with Gasteiger partial charge in [-0.05, 0) is 26.0 Å². The molecule has 86 valence electrons. The van der Waals surface area contributed by atoms with Crippen LogP contribution in [0.15, 0.2) is 30.5 Å². The average molecular weight is 239 g/mol. The number of hydrogen-bond acceptors (Lipinski definition) is 3. The molecule has 0 aliphatic rings. The van der Waals surface area contributed by atoms with Crippen LogP contribution < -0.4 is 5.32 Å². The summed E-state index contributed by atoms with van der Waals surface area (Å²) in [6.45, 7) is 7.65. The molecule has 0 unspecified atom stereocenters. The number of aromatic hydroxyl groups is 1. The number of rotatable bonds is 4. The molecule has 1 aromatic carbocycles. The molecule has 0 spiro atoms. The van der Waals surface area contributed by atoms with E-state index < -0.39 is 0 Å². The van der Waals surface area contributed by atoms with Crippen molar-refractivity contribution in [3.8, 4) is 5.75 Å². The van der Waals surface area contributed by atoms with Gasteiger partial charge in [-0.2, -0.15) is 0 Å². The summed E-state index contributed by atoms with van der Waals surface area (Å²) in [6.07, 6.45) is 0. The van der Waals surface area contributed by atoms with Gasteiger partial charge in [0, 0.05) is 6.04 Å². The summed E-state index contributed by atoms with van der Waals surface area (Å²) in [5, 5.41) is 20.9. The van der Waals surface area contributed by atoms with Crippen molar-refractivity contribution in [2.24, 2.45) is 0 Å². The molecule has 0 fully saturated rings. The van der Waals surface area contributed by atoms with Crippen molar-refractivity contribution in [3.63, 3.8) is 0 Å². The van der Waals surface area contributed by atoms with Crippen LogP contribution in [0, 0.1) is 5.41 Å². The molecule has 0 aliphatic carbocycles. The number of benzene rings is 1. The fourth-order valence-corrected chi connectivity index (χ4v) is 1.60. The van der Waals surface area contributed by atoms with E-state index in [1.807, 2.05) is 13.8 Å². The van der Waals surface area contributed by atoms with E-state index in [9.17, 15) is 5.11 Å². The molecule has 0 heterocycles. The van der Waals surface area contributed by atoms with Crippen LogP contribution >= 0.6 is 11.6 Å². The normalized spacial score (nSPS) is 10.2. The predicted octanol–water partition coefficient (Wildman–Crippen LogP) is 2.93. The number of nitrogens with one attached hydrogen (secondary N) is 2. The lowest BCUT2D eigenvalue weighted by molar-refractivity contribution is 0.474. The van der Waals surface area contributed by atoms with Gasteiger partial charge in [-0.15, -0.1) is 0 Å². The monoisotopic (exact) mass is 238 g/mol. The minimum absolute atomic E-state index is 0.00999. The third-order valence-corrected chi connectivity index (χ3v) is 2.32. The Morgan fingerprint density at radius 3 is 2.62 bits per heavy atom. The number of halogens is 1. The van der Waals surface area contributed by atoms with Gasteiger partial charge in [-0.1, -0.05) is 24.2 Å². The van der Waals surface area contributed by atoms with Crippen molar-refractivity contribution < 1.29 is 5.11 Å². The van der Waals surface area contributed by atoms with E-state index in [4.69, 9.17) is 17.0 Å². The van der Waals surface area contributed by atoms with Crippen molar-refractivity contribution in [2.45, 2.75) is 19.9 Å². The molecule has 0 aromatic heterocycles. The van der Waals surface area contributed by atoms with Crippen molar-refractivity contribution in [1.82, 2.24) is 5.32 Å². The summed E-state index contributed by atoms with van der Waals surface area (Å²) in [5.41, 5.74) is 0.859. The Kier molecular flexibility index (Phi) is 3.96. The van der Waals surface area contributed by atoms with E-state index >= 15 is 0 Å². The second-order valence-electron chi connectivity index (χ2n) is 3.79. The Bertz CT molecular complexity index is 407. The standard InChI is InChI=1S/C12H15ClN2O/c1-7(2)15-8(3)12(14)11-9(13)5-4-6-10(11)16/h4-7,14-16H,3H2,1-2H3. The van der Waals surface area contributed by atoms with Crippen LogP contribution in [0.5, 0.6) is 5.75 Å². The first-order chi connectivity index (χ1) is 7.43. The summed E-state index contributed by atoms with van der Waals surface area (Å²) in [6, 6.07) is 4.94. The van der Waals surface area contributed by atoms with Gasteiger partial charge in [0.25, 0.3) is 0 Å². The van der Waals surface area contributed by atoms with Crippen LogP contribution in [0.1, 0.15) is 19.4 Å². The minimum Gasteiger partial charge on any atom is -0.507 e. The second kappa shape index (κ2) is 5.03. The summed E-state index contributed by atoms with van der Waals surface area (Å²) in [5.74, 6) is -0.00999. The molecular weight excluding hydrogens is 224 g/mol. The van der Waals surface area contributed by atoms with Gasteiger partial charge in [0.2, 0.25) is 0 Å². The number of phenols is 1. The average Bonchev–Trinajstić information content (AvgIpc) is 2.16. The minimum atomic E-state index is -0.00999. The first kappa shape index (κ1) is 12.6. The van der Waals surface area contributed by atoms with Gasteiger partial charge < -0.3 is 10.4 Å². The molecule has 0 radical (unpaired) electrons. The molecule has 0 amide bonds. The highest BCUT2D eigenvalue weighted by Crippen LogP contribution is 2.26. The van der Waals surface area contributed by atoms with Crippen molar-refractivity contribution in [3.05, 3.63) is 41.1 Å². The maximum Gasteiger partial charge on any atom is 0.126 e. The van der Waals surface area contributed by atoms with Crippen LogP contribution in [0.2, 0.25) is 5.02 Å². The number of allylic oxidation sites excluding steroid dienone is 1. The summed E-state index contributed by atoms with van der Waals surface area (Å²) in [7, 11) is 0.